The first-order chi connectivity index (χ1) is 10.1. The van der Waals surface area contributed by atoms with Crippen molar-refractivity contribution < 1.29 is 14.6 Å². The fourth-order valence-electron chi connectivity index (χ4n) is 2.60. The van der Waals surface area contributed by atoms with Crippen molar-refractivity contribution in [2.45, 2.75) is 25.5 Å². The maximum absolute atomic E-state index is 12.5. The van der Waals surface area contributed by atoms with Crippen LogP contribution in [0.25, 0.3) is 10.9 Å². The number of pyridine rings is 1. The molecule has 0 bridgehead atoms. The largest absolute Gasteiger partial charge is 0.389 e. The molecule has 1 aromatic carbocycles. The molecule has 0 spiro atoms. The summed E-state index contributed by atoms with van der Waals surface area (Å²) in [6, 6.07) is 7.28. The van der Waals surface area contributed by atoms with E-state index in [0.29, 0.717) is 18.6 Å². The molecule has 2 heterocycles. The molecule has 0 radical (unpaired) electrons. The lowest BCUT2D eigenvalue weighted by Crippen LogP contribution is -2.48. The van der Waals surface area contributed by atoms with Crippen LogP contribution in [0.1, 0.15) is 22.3 Å². The van der Waals surface area contributed by atoms with Gasteiger partial charge in [0.05, 0.1) is 29.8 Å². The highest BCUT2D eigenvalue weighted by Crippen LogP contribution is 2.19. The average Bonchev–Trinajstić information content (AvgIpc) is 2.49. The van der Waals surface area contributed by atoms with Crippen molar-refractivity contribution in [3.05, 3.63) is 41.6 Å². The fraction of sp³-hybridized carbons (Fsp3) is 0.375. The average molecular weight is 286 g/mol. The summed E-state index contributed by atoms with van der Waals surface area (Å²) in [7, 11) is 0. The second-order valence-electron chi connectivity index (χ2n) is 5.39. The third-order valence-electron chi connectivity index (χ3n) is 3.78. The minimum absolute atomic E-state index is 0.182. The Balaban J connectivity index is 1.89. The predicted octanol–water partition coefficient (Wildman–Crippen LogP) is 1.42. The number of nitrogens with one attached hydrogen (secondary N) is 1. The van der Waals surface area contributed by atoms with Gasteiger partial charge in [-0.3, -0.25) is 9.78 Å². The minimum Gasteiger partial charge on any atom is -0.389 e. The molecule has 1 fully saturated rings. The highest BCUT2D eigenvalue weighted by atomic mass is 16.5. The molecule has 1 saturated heterocycles. The lowest BCUT2D eigenvalue weighted by Gasteiger charge is -2.28. The molecule has 5 heteroatoms. The number of nitrogens with zero attached hydrogens (tertiary/aromatic N) is 1. The Bertz CT molecular complexity index is 672. The molecule has 3 rings (SSSR count). The zero-order valence-electron chi connectivity index (χ0n) is 11.9. The van der Waals surface area contributed by atoms with E-state index in [4.69, 9.17) is 4.74 Å². The van der Waals surface area contributed by atoms with Crippen molar-refractivity contribution in [3.8, 4) is 0 Å². The molecule has 5 nitrogen and oxygen atoms in total. The number of rotatable bonds is 2. The van der Waals surface area contributed by atoms with Gasteiger partial charge in [-0.15, -0.1) is 0 Å². The van der Waals surface area contributed by atoms with Crippen LogP contribution in [-0.2, 0) is 4.74 Å². The first-order valence-corrected chi connectivity index (χ1v) is 7.07. The number of aromatic nitrogens is 1. The molecule has 1 aliphatic heterocycles. The molecule has 2 N–H and O–H groups in total. The van der Waals surface area contributed by atoms with Crippen molar-refractivity contribution in [3.63, 3.8) is 0 Å². The Morgan fingerprint density at radius 2 is 2.29 bits per heavy atom. The van der Waals surface area contributed by atoms with Crippen LogP contribution in [0.3, 0.4) is 0 Å². The quantitative estimate of drug-likeness (QED) is 0.876. The molecule has 1 aliphatic rings. The zero-order valence-corrected chi connectivity index (χ0v) is 11.9. The first-order valence-electron chi connectivity index (χ1n) is 7.07. The summed E-state index contributed by atoms with van der Waals surface area (Å²) < 4.78 is 5.17. The van der Waals surface area contributed by atoms with E-state index in [2.05, 4.69) is 10.3 Å². The molecule has 2 atom stereocenters. The van der Waals surface area contributed by atoms with Crippen LogP contribution < -0.4 is 5.32 Å². The molecular weight excluding hydrogens is 268 g/mol. The van der Waals surface area contributed by atoms with Gasteiger partial charge in [0.15, 0.2) is 0 Å². The van der Waals surface area contributed by atoms with E-state index in [-0.39, 0.29) is 18.6 Å². The summed E-state index contributed by atoms with van der Waals surface area (Å²) in [6.07, 6.45) is 1.60. The summed E-state index contributed by atoms with van der Waals surface area (Å²) in [5.74, 6) is -0.182. The molecule has 21 heavy (non-hydrogen) atoms. The van der Waals surface area contributed by atoms with E-state index < -0.39 is 6.10 Å². The minimum atomic E-state index is -0.655. The van der Waals surface area contributed by atoms with Gasteiger partial charge >= 0.3 is 0 Å². The number of carbonyl (C=O) groups is 1. The monoisotopic (exact) mass is 286 g/mol. The van der Waals surface area contributed by atoms with Gasteiger partial charge in [0.2, 0.25) is 0 Å². The Morgan fingerprint density at radius 1 is 1.43 bits per heavy atom. The van der Waals surface area contributed by atoms with E-state index in [1.54, 1.807) is 12.3 Å². The number of hydrogen-bond donors (Lipinski definition) is 2. The summed E-state index contributed by atoms with van der Waals surface area (Å²) in [5, 5.41) is 13.6. The van der Waals surface area contributed by atoms with Crippen molar-refractivity contribution in [2.75, 3.05) is 13.2 Å². The Kier molecular flexibility index (Phi) is 3.86. The Morgan fingerprint density at radius 3 is 3.10 bits per heavy atom. The lowest BCUT2D eigenvalue weighted by atomic mass is 10.0. The van der Waals surface area contributed by atoms with E-state index in [1.807, 2.05) is 25.1 Å². The van der Waals surface area contributed by atoms with Gasteiger partial charge in [-0.2, -0.15) is 0 Å². The van der Waals surface area contributed by atoms with Gasteiger partial charge in [0.25, 0.3) is 5.91 Å². The van der Waals surface area contributed by atoms with Gasteiger partial charge in [-0.25, -0.2) is 0 Å². The highest BCUT2D eigenvalue weighted by molar-refractivity contribution is 6.06. The van der Waals surface area contributed by atoms with Crippen LogP contribution in [0, 0.1) is 6.92 Å². The molecule has 0 saturated carbocycles. The van der Waals surface area contributed by atoms with Gasteiger partial charge in [0, 0.05) is 18.2 Å². The SMILES string of the molecule is Cc1ccc2nccc(C(=O)N[C@@H]3CCOC[C@H]3O)c2c1. The van der Waals surface area contributed by atoms with Crippen LogP contribution in [-0.4, -0.2) is 41.4 Å². The molecule has 1 aromatic heterocycles. The fourth-order valence-corrected chi connectivity index (χ4v) is 2.60. The van der Waals surface area contributed by atoms with Crippen LogP contribution in [0.15, 0.2) is 30.5 Å². The van der Waals surface area contributed by atoms with Crippen molar-refractivity contribution in [1.82, 2.24) is 10.3 Å². The number of carbonyl (C=O) groups excluding carboxylic acids is 1. The number of benzene rings is 1. The number of fused-ring (bicyclic) bond motifs is 1. The number of amides is 1. The van der Waals surface area contributed by atoms with Gasteiger partial charge in [0.1, 0.15) is 0 Å². The van der Waals surface area contributed by atoms with E-state index in [1.165, 1.54) is 0 Å². The van der Waals surface area contributed by atoms with Gasteiger partial charge in [-0.1, -0.05) is 11.6 Å². The highest BCUT2D eigenvalue weighted by Gasteiger charge is 2.26. The molecule has 0 unspecified atom stereocenters. The lowest BCUT2D eigenvalue weighted by molar-refractivity contribution is -0.0260. The predicted molar refractivity (Wildman–Crippen MR) is 79.2 cm³/mol. The number of hydrogen-bond acceptors (Lipinski definition) is 4. The molecular formula is C16H18N2O3. The topological polar surface area (TPSA) is 71.5 Å². The van der Waals surface area contributed by atoms with Crippen molar-refractivity contribution in [2.24, 2.45) is 0 Å². The molecule has 0 aliphatic carbocycles. The number of ether oxygens (including phenoxy) is 1. The standard InChI is InChI=1S/C16H18N2O3/c1-10-2-3-13-12(8-10)11(4-6-17-13)16(20)18-14-5-7-21-9-15(14)19/h2-4,6,8,14-15,19H,5,7,9H2,1H3,(H,18,20)/t14-,15-/m1/s1. The first kappa shape index (κ1) is 14.0. The third kappa shape index (κ3) is 2.89. The van der Waals surface area contributed by atoms with Crippen molar-refractivity contribution in [1.29, 1.82) is 0 Å². The summed E-state index contributed by atoms with van der Waals surface area (Å²) >= 11 is 0. The van der Waals surface area contributed by atoms with Crippen LogP contribution in [0.5, 0.6) is 0 Å². The van der Waals surface area contributed by atoms with Gasteiger partial charge < -0.3 is 15.2 Å². The van der Waals surface area contributed by atoms with E-state index >= 15 is 0 Å². The van der Waals surface area contributed by atoms with Crippen molar-refractivity contribution >= 4 is 16.8 Å². The summed E-state index contributed by atoms with van der Waals surface area (Å²) in [6.45, 7) is 2.80. The summed E-state index contributed by atoms with van der Waals surface area (Å²) in [5.41, 5.74) is 2.46. The third-order valence-corrected chi connectivity index (χ3v) is 3.78. The zero-order chi connectivity index (χ0) is 14.8. The van der Waals surface area contributed by atoms with Crippen LogP contribution in [0.4, 0.5) is 0 Å². The van der Waals surface area contributed by atoms with E-state index in [0.717, 1.165) is 16.5 Å². The van der Waals surface area contributed by atoms with Gasteiger partial charge in [-0.05, 0) is 31.5 Å². The molecule has 1 amide bonds. The second-order valence-corrected chi connectivity index (χ2v) is 5.39. The maximum Gasteiger partial charge on any atom is 0.252 e. The molecule has 110 valence electrons. The number of aliphatic hydroxyl groups excluding tert-OH is 1. The van der Waals surface area contributed by atoms with E-state index in [9.17, 15) is 9.90 Å². The molecule has 2 aromatic rings. The number of aliphatic hydroxyl groups is 1. The number of aryl methyl sites for hydroxylation is 1. The summed E-state index contributed by atoms with van der Waals surface area (Å²) in [4.78, 5) is 16.8. The Labute approximate surface area is 123 Å². The smallest absolute Gasteiger partial charge is 0.252 e. The Hall–Kier alpha value is -1.98. The second kappa shape index (κ2) is 5.79. The normalized spacial score (nSPS) is 22.2. The van der Waals surface area contributed by atoms with Crippen LogP contribution in [0.2, 0.25) is 0 Å². The van der Waals surface area contributed by atoms with Crippen LogP contribution >= 0.6 is 0 Å². The maximum atomic E-state index is 12.5.